The summed E-state index contributed by atoms with van der Waals surface area (Å²) in [4.78, 5) is 33.8. The number of hydrogen-bond acceptors (Lipinski definition) is 8. The van der Waals surface area contributed by atoms with Crippen LogP contribution in [0.15, 0.2) is 11.1 Å². The highest BCUT2D eigenvalue weighted by Crippen LogP contribution is 2.09. The lowest BCUT2D eigenvalue weighted by Crippen LogP contribution is -2.38. The second-order valence-corrected chi connectivity index (χ2v) is 6.12. The van der Waals surface area contributed by atoms with E-state index in [0.29, 0.717) is 0 Å². The fourth-order valence-corrected chi connectivity index (χ4v) is 2.11. The fraction of sp³-hybridized carbons (Fsp3) is 0.571. The van der Waals surface area contributed by atoms with Crippen LogP contribution < -0.4 is 17.0 Å². The monoisotopic (exact) mass is 372 g/mol. The number of hydrogen-bond donors (Lipinski definition) is 3. The lowest BCUT2D eigenvalue weighted by molar-refractivity contribution is -0.150. The predicted molar refractivity (Wildman–Crippen MR) is 91.9 cm³/mol. The van der Waals surface area contributed by atoms with Crippen LogP contribution in [0.1, 0.15) is 13.8 Å². The van der Waals surface area contributed by atoms with Crippen LogP contribution in [0.2, 0.25) is 0 Å². The number of halogens is 1. The van der Waals surface area contributed by atoms with Crippen molar-refractivity contribution < 1.29 is 14.3 Å². The average Bonchev–Trinajstić information content (AvgIpc) is 2.97. The van der Waals surface area contributed by atoms with E-state index in [1.807, 2.05) is 13.8 Å². The van der Waals surface area contributed by atoms with Gasteiger partial charge in [-0.05, 0) is 5.92 Å². The van der Waals surface area contributed by atoms with Gasteiger partial charge in [0.15, 0.2) is 11.2 Å². The third kappa shape index (κ3) is 4.68. The van der Waals surface area contributed by atoms with E-state index in [4.69, 9.17) is 32.5 Å². The summed E-state index contributed by atoms with van der Waals surface area (Å²) in [6, 6.07) is -0.701. The van der Waals surface area contributed by atoms with Gasteiger partial charge in [0.2, 0.25) is 5.95 Å². The smallest absolute Gasteiger partial charge is 0.323 e. The van der Waals surface area contributed by atoms with E-state index in [1.165, 1.54) is 10.9 Å². The van der Waals surface area contributed by atoms with E-state index in [-0.39, 0.29) is 42.2 Å². The molecule has 11 heteroatoms. The number of carbonyl (C=O) groups is 1. The number of H-pyrrole nitrogens is 1. The zero-order valence-corrected chi connectivity index (χ0v) is 14.7. The number of imidazole rings is 1. The number of rotatable bonds is 8. The Hall–Kier alpha value is -2.17. The van der Waals surface area contributed by atoms with Gasteiger partial charge in [-0.3, -0.25) is 19.1 Å². The zero-order valence-electron chi connectivity index (χ0n) is 13.9. The highest BCUT2D eigenvalue weighted by molar-refractivity contribution is 6.18. The lowest BCUT2D eigenvalue weighted by Gasteiger charge is -2.19. The standard InChI is InChI=1S/C14H21ClN6O4/c1-7(2)9(16)13(23)24-4-8(3-15)25-6-21-5-18-10-11(21)19-14(17)20-12(10)22/h5,7-9H,3-4,6,16H2,1-2H3,(H3,17,19,20,22)/t8?,9-/m1/s1. The van der Waals surface area contributed by atoms with Crippen molar-refractivity contribution in [2.45, 2.75) is 32.7 Å². The summed E-state index contributed by atoms with van der Waals surface area (Å²) in [6.45, 7) is 3.63. The maximum Gasteiger partial charge on any atom is 0.323 e. The number of carbonyl (C=O) groups excluding carboxylic acids is 1. The molecular formula is C14H21ClN6O4. The number of aromatic amines is 1. The number of alkyl halides is 1. The number of nitrogens with one attached hydrogen (secondary N) is 1. The highest BCUT2D eigenvalue weighted by Gasteiger charge is 2.21. The van der Waals surface area contributed by atoms with Gasteiger partial charge in [0.25, 0.3) is 5.56 Å². The summed E-state index contributed by atoms with van der Waals surface area (Å²) in [5.41, 5.74) is 11.2. The van der Waals surface area contributed by atoms with Gasteiger partial charge in [0.1, 0.15) is 25.5 Å². The molecule has 0 aliphatic rings. The van der Waals surface area contributed by atoms with Crippen LogP contribution in [0.5, 0.6) is 0 Å². The third-order valence-electron chi connectivity index (χ3n) is 3.52. The van der Waals surface area contributed by atoms with Crippen molar-refractivity contribution in [1.29, 1.82) is 0 Å². The molecule has 2 atom stereocenters. The number of nitrogens with zero attached hydrogens (tertiary/aromatic N) is 3. The molecule has 2 rings (SSSR count). The Morgan fingerprint density at radius 3 is 2.84 bits per heavy atom. The van der Waals surface area contributed by atoms with Gasteiger partial charge in [0.05, 0.1) is 12.2 Å². The van der Waals surface area contributed by atoms with E-state index in [9.17, 15) is 9.59 Å². The first kappa shape index (κ1) is 19.2. The van der Waals surface area contributed by atoms with Gasteiger partial charge in [-0.15, -0.1) is 11.6 Å². The SMILES string of the molecule is CC(C)[C@@H](N)C(=O)OCC(CCl)OCn1cnc2c(=O)[nH]c(N)nc21. The van der Waals surface area contributed by atoms with Crippen LogP contribution in [0, 0.1) is 5.92 Å². The minimum Gasteiger partial charge on any atom is -0.462 e. The van der Waals surface area contributed by atoms with Crippen molar-refractivity contribution in [3.63, 3.8) is 0 Å². The number of nitrogens with two attached hydrogens (primary N) is 2. The van der Waals surface area contributed by atoms with Crippen LogP contribution >= 0.6 is 11.6 Å². The Morgan fingerprint density at radius 1 is 1.48 bits per heavy atom. The zero-order chi connectivity index (χ0) is 18.6. The molecule has 0 amide bonds. The van der Waals surface area contributed by atoms with Gasteiger partial charge < -0.3 is 20.9 Å². The Bertz CT molecular complexity index is 789. The molecule has 0 bridgehead atoms. The second-order valence-electron chi connectivity index (χ2n) is 5.81. The van der Waals surface area contributed by atoms with Crippen molar-refractivity contribution in [1.82, 2.24) is 19.5 Å². The van der Waals surface area contributed by atoms with Crippen molar-refractivity contribution in [2.75, 3.05) is 18.2 Å². The fourth-order valence-electron chi connectivity index (χ4n) is 1.93. The van der Waals surface area contributed by atoms with Crippen LogP contribution in [0.3, 0.4) is 0 Å². The molecule has 2 aromatic heterocycles. The van der Waals surface area contributed by atoms with E-state index in [1.54, 1.807) is 0 Å². The molecule has 5 N–H and O–H groups in total. The summed E-state index contributed by atoms with van der Waals surface area (Å²) >= 11 is 5.84. The molecule has 0 aromatic carbocycles. The van der Waals surface area contributed by atoms with E-state index in [2.05, 4.69) is 15.0 Å². The molecule has 0 saturated carbocycles. The molecule has 2 aromatic rings. The normalized spacial score (nSPS) is 14.0. The number of aromatic nitrogens is 4. The van der Waals surface area contributed by atoms with Gasteiger partial charge in [-0.25, -0.2) is 4.98 Å². The molecule has 0 radical (unpaired) electrons. The maximum atomic E-state index is 11.8. The first-order valence-corrected chi connectivity index (χ1v) is 8.17. The van der Waals surface area contributed by atoms with Crippen LogP contribution in [-0.2, 0) is 21.0 Å². The van der Waals surface area contributed by atoms with E-state index in [0.717, 1.165) is 0 Å². The topological polar surface area (TPSA) is 151 Å². The van der Waals surface area contributed by atoms with E-state index < -0.39 is 23.7 Å². The molecule has 0 saturated heterocycles. The molecule has 138 valence electrons. The van der Waals surface area contributed by atoms with E-state index >= 15 is 0 Å². The maximum absolute atomic E-state index is 11.8. The Kier molecular flexibility index (Phi) is 6.34. The molecule has 1 unspecified atom stereocenters. The summed E-state index contributed by atoms with van der Waals surface area (Å²) in [5.74, 6) is -0.463. The van der Waals surface area contributed by atoms with Crippen LogP contribution in [0.4, 0.5) is 5.95 Å². The number of fused-ring (bicyclic) bond motifs is 1. The van der Waals surface area contributed by atoms with Gasteiger partial charge in [0, 0.05) is 0 Å². The molecular weight excluding hydrogens is 352 g/mol. The Morgan fingerprint density at radius 2 is 2.20 bits per heavy atom. The summed E-state index contributed by atoms with van der Waals surface area (Å²) in [7, 11) is 0. The van der Waals surface area contributed by atoms with Crippen LogP contribution in [-0.4, -0.2) is 50.1 Å². The number of anilines is 1. The quantitative estimate of drug-likeness (QED) is 0.426. The molecule has 10 nitrogen and oxygen atoms in total. The van der Waals surface area contributed by atoms with Crippen molar-refractivity contribution >= 4 is 34.7 Å². The first-order valence-electron chi connectivity index (χ1n) is 7.63. The number of esters is 1. The van der Waals surface area contributed by atoms with Crippen molar-refractivity contribution in [2.24, 2.45) is 11.7 Å². The lowest BCUT2D eigenvalue weighted by atomic mass is 10.1. The van der Waals surface area contributed by atoms with Gasteiger partial charge in [-0.1, -0.05) is 13.8 Å². The van der Waals surface area contributed by atoms with Gasteiger partial charge in [-0.2, -0.15) is 4.98 Å². The van der Waals surface area contributed by atoms with Crippen molar-refractivity contribution in [3.05, 3.63) is 16.7 Å². The summed E-state index contributed by atoms with van der Waals surface area (Å²) in [5, 5.41) is 0. The summed E-state index contributed by atoms with van der Waals surface area (Å²) in [6.07, 6.45) is 0.847. The minimum absolute atomic E-state index is 0.0115. The molecule has 2 heterocycles. The van der Waals surface area contributed by atoms with Crippen LogP contribution in [0.25, 0.3) is 11.2 Å². The third-order valence-corrected chi connectivity index (χ3v) is 3.86. The molecule has 0 aliphatic carbocycles. The minimum atomic E-state index is -0.701. The molecule has 25 heavy (non-hydrogen) atoms. The molecule has 0 aliphatic heterocycles. The number of nitrogen functional groups attached to an aromatic ring is 1. The largest absolute Gasteiger partial charge is 0.462 e. The highest BCUT2D eigenvalue weighted by atomic mass is 35.5. The first-order chi connectivity index (χ1) is 11.8. The predicted octanol–water partition coefficient (Wildman–Crippen LogP) is -0.190. The molecule has 0 fully saturated rings. The number of ether oxygens (including phenoxy) is 2. The van der Waals surface area contributed by atoms with Crippen molar-refractivity contribution in [3.8, 4) is 0 Å². The second kappa shape index (κ2) is 8.28. The van der Waals surface area contributed by atoms with Gasteiger partial charge >= 0.3 is 5.97 Å². The molecule has 0 spiro atoms. The average molecular weight is 373 g/mol. The Balaban J connectivity index is 1.97. The summed E-state index contributed by atoms with van der Waals surface area (Å²) < 4.78 is 12.2. The Labute approximate surface area is 148 Å².